The van der Waals surface area contributed by atoms with Gasteiger partial charge in [-0.2, -0.15) is 27.1 Å². The third kappa shape index (κ3) is 3.73. The molecule has 0 bridgehead atoms. The fourth-order valence-electron chi connectivity index (χ4n) is 2.86. The van der Waals surface area contributed by atoms with E-state index in [1.165, 1.54) is 12.1 Å². The van der Waals surface area contributed by atoms with Crippen LogP contribution < -0.4 is 5.01 Å². The molecule has 0 atom stereocenters. The number of nitrogens with zero attached hydrogens (tertiary/aromatic N) is 2. The summed E-state index contributed by atoms with van der Waals surface area (Å²) in [4.78, 5) is -0.201. The SMILES string of the molecule is CS(=O)(=O)c1ccc(-c2ccccc2)cc1N1CCC(C(F)(F)C(F)(F)F)=N1. The molecular formula is C18H15F5N2O2S. The third-order valence-electron chi connectivity index (χ3n) is 4.26. The number of rotatable bonds is 4. The summed E-state index contributed by atoms with van der Waals surface area (Å²) in [5.74, 6) is -5.08. The van der Waals surface area contributed by atoms with Gasteiger partial charge in [-0.3, -0.25) is 5.01 Å². The standard InChI is InChI=1S/C18H15F5N2O2S/c1-28(26,27)15-8-7-13(12-5-3-2-4-6-12)11-14(15)25-10-9-16(24-25)17(19,20)18(21,22)23/h2-8,11H,9-10H2,1H3. The van der Waals surface area contributed by atoms with Gasteiger partial charge in [-0.25, -0.2) is 8.42 Å². The number of hydrogen-bond acceptors (Lipinski definition) is 4. The minimum absolute atomic E-state index is 0.0446. The molecular weight excluding hydrogens is 403 g/mol. The van der Waals surface area contributed by atoms with Crippen molar-refractivity contribution in [2.24, 2.45) is 5.10 Å². The highest BCUT2D eigenvalue weighted by molar-refractivity contribution is 7.90. The predicted molar refractivity (Wildman–Crippen MR) is 95.4 cm³/mol. The zero-order valence-electron chi connectivity index (χ0n) is 14.5. The Balaban J connectivity index is 2.10. The van der Waals surface area contributed by atoms with Crippen molar-refractivity contribution < 1.29 is 30.4 Å². The van der Waals surface area contributed by atoms with Crippen LogP contribution in [-0.2, 0) is 9.84 Å². The zero-order chi connectivity index (χ0) is 20.7. The normalized spacial score (nSPS) is 15.6. The Morgan fingerprint density at radius 3 is 2.18 bits per heavy atom. The molecule has 0 unspecified atom stereocenters. The van der Waals surface area contributed by atoms with Crippen LogP contribution in [0.4, 0.5) is 27.6 Å². The number of halogens is 5. The van der Waals surface area contributed by atoms with Gasteiger partial charge in [-0.1, -0.05) is 36.4 Å². The van der Waals surface area contributed by atoms with Crippen molar-refractivity contribution in [1.82, 2.24) is 0 Å². The van der Waals surface area contributed by atoms with E-state index >= 15 is 0 Å². The molecule has 1 aliphatic heterocycles. The van der Waals surface area contributed by atoms with Crippen molar-refractivity contribution in [3.8, 4) is 11.1 Å². The molecule has 0 radical (unpaired) electrons. The number of sulfone groups is 1. The Hall–Kier alpha value is -2.49. The van der Waals surface area contributed by atoms with E-state index in [9.17, 15) is 30.4 Å². The third-order valence-corrected chi connectivity index (χ3v) is 5.41. The Kier molecular flexibility index (Phi) is 4.95. The summed E-state index contributed by atoms with van der Waals surface area (Å²) >= 11 is 0. The second-order valence-electron chi connectivity index (χ2n) is 6.31. The molecule has 0 N–H and O–H groups in total. The first-order chi connectivity index (χ1) is 12.9. The highest BCUT2D eigenvalue weighted by atomic mass is 32.2. The molecule has 0 fully saturated rings. The van der Waals surface area contributed by atoms with Crippen molar-refractivity contribution >= 4 is 21.2 Å². The fourth-order valence-corrected chi connectivity index (χ4v) is 3.72. The molecule has 28 heavy (non-hydrogen) atoms. The van der Waals surface area contributed by atoms with Gasteiger partial charge in [0, 0.05) is 19.2 Å². The van der Waals surface area contributed by atoms with E-state index in [2.05, 4.69) is 5.10 Å². The van der Waals surface area contributed by atoms with Gasteiger partial charge in [-0.05, 0) is 23.3 Å². The molecule has 1 heterocycles. The monoisotopic (exact) mass is 418 g/mol. The molecule has 0 saturated carbocycles. The Morgan fingerprint density at radius 1 is 0.964 bits per heavy atom. The van der Waals surface area contributed by atoms with Gasteiger partial charge in [0.05, 0.1) is 10.6 Å². The second kappa shape index (κ2) is 6.84. The fraction of sp³-hybridized carbons (Fsp3) is 0.278. The maximum atomic E-state index is 13.6. The second-order valence-corrected chi connectivity index (χ2v) is 8.30. The van der Waals surface area contributed by atoms with Crippen LogP contribution in [0.1, 0.15) is 6.42 Å². The van der Waals surface area contributed by atoms with Crippen molar-refractivity contribution in [2.75, 3.05) is 17.8 Å². The number of hydrazone groups is 1. The van der Waals surface area contributed by atoms with Gasteiger partial charge in [0.25, 0.3) is 0 Å². The van der Waals surface area contributed by atoms with Crippen molar-refractivity contribution in [3.63, 3.8) is 0 Å². The van der Waals surface area contributed by atoms with Crippen molar-refractivity contribution in [1.29, 1.82) is 0 Å². The minimum atomic E-state index is -5.77. The van der Waals surface area contributed by atoms with E-state index in [0.717, 1.165) is 16.8 Å². The molecule has 3 rings (SSSR count). The molecule has 2 aromatic carbocycles. The zero-order valence-corrected chi connectivity index (χ0v) is 15.4. The highest BCUT2D eigenvalue weighted by Gasteiger charge is 2.62. The number of alkyl halides is 5. The first kappa shape index (κ1) is 20.2. The van der Waals surface area contributed by atoms with E-state index in [1.54, 1.807) is 36.4 Å². The summed E-state index contributed by atoms with van der Waals surface area (Å²) in [6.07, 6.45) is -5.47. The topological polar surface area (TPSA) is 49.7 Å². The summed E-state index contributed by atoms with van der Waals surface area (Å²) in [5.41, 5.74) is -0.0801. The van der Waals surface area contributed by atoms with Crippen molar-refractivity contribution in [2.45, 2.75) is 23.4 Å². The Labute approximate surface area is 158 Å². The quantitative estimate of drug-likeness (QED) is 0.686. The lowest BCUT2D eigenvalue weighted by molar-refractivity contribution is -0.249. The lowest BCUT2D eigenvalue weighted by Crippen LogP contribution is -2.43. The van der Waals surface area contributed by atoms with Crippen LogP contribution in [0.15, 0.2) is 58.5 Å². The summed E-state index contributed by atoms with van der Waals surface area (Å²) in [7, 11) is -3.77. The molecule has 4 nitrogen and oxygen atoms in total. The van der Waals surface area contributed by atoms with Crippen LogP contribution in [0, 0.1) is 0 Å². The Bertz CT molecular complexity index is 1020. The number of benzene rings is 2. The van der Waals surface area contributed by atoms with Crippen molar-refractivity contribution in [3.05, 3.63) is 48.5 Å². The predicted octanol–water partition coefficient (Wildman–Crippen LogP) is 4.52. The van der Waals surface area contributed by atoms with E-state index in [-0.39, 0.29) is 17.1 Å². The Morgan fingerprint density at radius 2 is 1.61 bits per heavy atom. The van der Waals surface area contributed by atoms with E-state index < -0.39 is 34.1 Å². The molecule has 1 aliphatic rings. The van der Waals surface area contributed by atoms with Crippen LogP contribution in [0.2, 0.25) is 0 Å². The maximum absolute atomic E-state index is 13.6. The summed E-state index contributed by atoms with van der Waals surface area (Å²) in [6, 6.07) is 13.1. The minimum Gasteiger partial charge on any atom is -0.264 e. The lowest BCUT2D eigenvalue weighted by atomic mass is 10.1. The van der Waals surface area contributed by atoms with Gasteiger partial charge in [0.1, 0.15) is 5.71 Å². The van der Waals surface area contributed by atoms with Gasteiger partial charge in [0.2, 0.25) is 0 Å². The summed E-state index contributed by atoms with van der Waals surface area (Å²) in [5, 5.41) is 4.31. The van der Waals surface area contributed by atoms with E-state index in [0.29, 0.717) is 5.56 Å². The smallest absolute Gasteiger partial charge is 0.264 e. The maximum Gasteiger partial charge on any atom is 0.459 e. The van der Waals surface area contributed by atoms with E-state index in [1.807, 2.05) is 0 Å². The first-order valence-corrected chi connectivity index (χ1v) is 10.00. The molecule has 10 heteroatoms. The molecule has 0 amide bonds. The summed E-state index contributed by atoms with van der Waals surface area (Å²) < 4.78 is 89.3. The molecule has 0 aromatic heterocycles. The number of anilines is 1. The van der Waals surface area contributed by atoms with Gasteiger partial charge in [0.15, 0.2) is 9.84 Å². The average Bonchev–Trinajstić information content (AvgIpc) is 3.11. The van der Waals surface area contributed by atoms with Crippen LogP contribution in [0.25, 0.3) is 11.1 Å². The average molecular weight is 418 g/mol. The van der Waals surface area contributed by atoms with Gasteiger partial charge in [-0.15, -0.1) is 0 Å². The van der Waals surface area contributed by atoms with Gasteiger partial charge >= 0.3 is 12.1 Å². The van der Waals surface area contributed by atoms with E-state index in [4.69, 9.17) is 0 Å². The first-order valence-electron chi connectivity index (χ1n) is 8.11. The molecule has 150 valence electrons. The molecule has 0 saturated heterocycles. The van der Waals surface area contributed by atoms with Crippen LogP contribution in [-0.4, -0.2) is 39.0 Å². The lowest BCUT2D eigenvalue weighted by Gasteiger charge is -2.20. The van der Waals surface area contributed by atoms with Crippen LogP contribution in [0.5, 0.6) is 0 Å². The van der Waals surface area contributed by atoms with Gasteiger partial charge < -0.3 is 0 Å². The van der Waals surface area contributed by atoms with Crippen LogP contribution in [0.3, 0.4) is 0 Å². The highest BCUT2D eigenvalue weighted by Crippen LogP contribution is 2.40. The summed E-state index contributed by atoms with van der Waals surface area (Å²) in [6.45, 7) is -0.290. The number of hydrogen-bond donors (Lipinski definition) is 0. The van der Waals surface area contributed by atoms with Crippen LogP contribution >= 0.6 is 0 Å². The molecule has 0 aliphatic carbocycles. The molecule has 2 aromatic rings. The molecule has 0 spiro atoms. The largest absolute Gasteiger partial charge is 0.459 e.